The van der Waals surface area contributed by atoms with E-state index in [4.69, 9.17) is 28.9 Å². The van der Waals surface area contributed by atoms with Gasteiger partial charge in [0.05, 0.1) is 50.5 Å². The topological polar surface area (TPSA) is 94.3 Å². The van der Waals surface area contributed by atoms with Gasteiger partial charge in [-0.1, -0.05) is 0 Å². The predicted octanol–water partition coefficient (Wildman–Crippen LogP) is 4.69. The van der Waals surface area contributed by atoms with Crippen LogP contribution >= 0.6 is 0 Å². The Hall–Kier alpha value is -3.68. The summed E-state index contributed by atoms with van der Waals surface area (Å²) >= 11 is 0. The summed E-state index contributed by atoms with van der Waals surface area (Å²) in [5, 5.41) is 0. The molecular formula is C24H22MnN4O4. The summed E-state index contributed by atoms with van der Waals surface area (Å²) in [4.78, 5) is 16.2. The van der Waals surface area contributed by atoms with E-state index in [9.17, 15) is 0 Å². The Bertz CT molecular complexity index is 1330. The van der Waals surface area contributed by atoms with Gasteiger partial charge in [-0.2, -0.15) is 0 Å². The van der Waals surface area contributed by atoms with E-state index in [1.54, 1.807) is 28.4 Å². The van der Waals surface area contributed by atoms with E-state index in [2.05, 4.69) is 9.97 Å². The molecule has 2 aliphatic heterocycles. The zero-order chi connectivity index (χ0) is 22.2. The maximum Gasteiger partial charge on any atom is 0.170 e. The van der Waals surface area contributed by atoms with Crippen LogP contribution in [0.3, 0.4) is 0 Å². The minimum absolute atomic E-state index is 0. The van der Waals surface area contributed by atoms with Gasteiger partial charge in [0.15, 0.2) is 23.0 Å². The van der Waals surface area contributed by atoms with Gasteiger partial charge in [-0.3, -0.25) is 0 Å². The Balaban J connectivity index is 0.00000259. The standard InChI is InChI=1S/C24H22N4O4.Mn/c1-29-21-13-5-7-15(25-13)22(30-2)17-9-11-19(27-17)24(32-4)20-12-10-18(28-20)23(31-3)16-8-6-14(21)26-16;/h5-12,25-26H,1-4H3;. The van der Waals surface area contributed by atoms with E-state index in [0.29, 0.717) is 45.8 Å². The summed E-state index contributed by atoms with van der Waals surface area (Å²) in [7, 11) is 6.48. The van der Waals surface area contributed by atoms with Crippen LogP contribution in [0.4, 0.5) is 0 Å². The van der Waals surface area contributed by atoms with Crippen molar-refractivity contribution >= 4 is 46.4 Å². The molecule has 3 aromatic rings. The van der Waals surface area contributed by atoms with E-state index in [0.717, 1.165) is 22.1 Å². The van der Waals surface area contributed by atoms with Crippen molar-refractivity contribution < 1.29 is 36.0 Å². The van der Waals surface area contributed by atoms with Gasteiger partial charge in [-0.05, 0) is 48.6 Å². The number of ether oxygens (including phenoxy) is 4. The van der Waals surface area contributed by atoms with Gasteiger partial charge < -0.3 is 28.9 Å². The van der Waals surface area contributed by atoms with Crippen LogP contribution in [0.25, 0.3) is 46.4 Å². The van der Waals surface area contributed by atoms with Gasteiger partial charge in [0, 0.05) is 17.1 Å². The van der Waals surface area contributed by atoms with Gasteiger partial charge >= 0.3 is 0 Å². The van der Waals surface area contributed by atoms with E-state index in [-0.39, 0.29) is 17.1 Å². The third kappa shape index (κ3) is 3.75. The second-order valence-electron chi connectivity index (χ2n) is 7.14. The van der Waals surface area contributed by atoms with Crippen LogP contribution in [-0.4, -0.2) is 48.4 Å². The number of aromatic amines is 2. The van der Waals surface area contributed by atoms with E-state index in [1.807, 2.05) is 48.6 Å². The molecule has 5 rings (SSSR count). The number of rotatable bonds is 4. The van der Waals surface area contributed by atoms with E-state index >= 15 is 0 Å². The molecule has 0 amide bonds. The quantitative estimate of drug-likeness (QED) is 0.359. The smallest absolute Gasteiger partial charge is 0.170 e. The fourth-order valence-corrected chi connectivity index (χ4v) is 3.96. The first-order valence-corrected chi connectivity index (χ1v) is 9.99. The zero-order valence-corrected chi connectivity index (χ0v) is 19.7. The molecule has 169 valence electrons. The number of fused-ring (bicyclic) bond motifs is 8. The molecule has 0 unspecified atom stereocenters. The van der Waals surface area contributed by atoms with Gasteiger partial charge in [0.25, 0.3) is 0 Å². The summed E-state index contributed by atoms with van der Waals surface area (Å²) in [5.74, 6) is 2.44. The van der Waals surface area contributed by atoms with E-state index in [1.165, 1.54) is 0 Å². The first-order chi connectivity index (χ1) is 15.7. The normalized spacial score (nSPS) is 11.8. The molecule has 5 heterocycles. The molecule has 2 N–H and O–H groups in total. The molecule has 1 radical (unpaired) electrons. The summed E-state index contributed by atoms with van der Waals surface area (Å²) in [6.45, 7) is 0. The molecule has 0 fully saturated rings. The third-order valence-corrected chi connectivity index (χ3v) is 5.38. The monoisotopic (exact) mass is 485 g/mol. The maximum absolute atomic E-state index is 5.72. The van der Waals surface area contributed by atoms with Crippen LogP contribution in [-0.2, 0) is 17.1 Å². The summed E-state index contributed by atoms with van der Waals surface area (Å²) in [6.07, 6.45) is 7.54. The molecule has 8 bridgehead atoms. The molecule has 2 aliphatic rings. The molecule has 3 aromatic heterocycles. The Labute approximate surface area is 200 Å². The second-order valence-corrected chi connectivity index (χ2v) is 7.14. The van der Waals surface area contributed by atoms with Crippen molar-refractivity contribution in [1.29, 1.82) is 0 Å². The molecule has 8 nitrogen and oxygen atoms in total. The number of nitrogens with zero attached hydrogens (tertiary/aromatic N) is 2. The average Bonchev–Trinajstić information content (AvgIpc) is 3.59. The van der Waals surface area contributed by atoms with Crippen molar-refractivity contribution in [2.75, 3.05) is 28.4 Å². The Morgan fingerprint density at radius 3 is 1.12 bits per heavy atom. The maximum atomic E-state index is 5.72. The SMILES string of the molecule is COc1c2nc(c(OC)c3ccc([nH]3)c(OC)c3ccc([nH]3)c(OC)c3nc1C=C3)C=C2.[Mn]. The van der Waals surface area contributed by atoms with E-state index < -0.39 is 0 Å². The number of hydrogen-bond acceptors (Lipinski definition) is 6. The molecule has 0 aromatic carbocycles. The molecule has 0 spiro atoms. The Morgan fingerprint density at radius 1 is 0.485 bits per heavy atom. The molecule has 9 heteroatoms. The van der Waals surface area contributed by atoms with Gasteiger partial charge in [-0.15, -0.1) is 0 Å². The largest absolute Gasteiger partial charge is 0.492 e. The van der Waals surface area contributed by atoms with Crippen molar-refractivity contribution in [3.63, 3.8) is 0 Å². The van der Waals surface area contributed by atoms with Gasteiger partial charge in [-0.25, -0.2) is 9.97 Å². The van der Waals surface area contributed by atoms with Crippen molar-refractivity contribution in [1.82, 2.24) is 19.9 Å². The molecule has 33 heavy (non-hydrogen) atoms. The first kappa shape index (κ1) is 22.5. The van der Waals surface area contributed by atoms with Gasteiger partial charge in [0.2, 0.25) is 0 Å². The fourth-order valence-electron chi connectivity index (χ4n) is 3.96. The van der Waals surface area contributed by atoms with Crippen LogP contribution in [0.15, 0.2) is 24.3 Å². The number of methoxy groups -OCH3 is 4. The summed E-state index contributed by atoms with van der Waals surface area (Å²) in [6, 6.07) is 7.74. The summed E-state index contributed by atoms with van der Waals surface area (Å²) in [5.41, 5.74) is 5.80. The number of H-pyrrole nitrogens is 2. The average molecular weight is 485 g/mol. The molecule has 0 atom stereocenters. The number of nitrogens with one attached hydrogen (secondary N) is 2. The van der Waals surface area contributed by atoms with Crippen molar-refractivity contribution in [3.8, 4) is 23.0 Å². The Morgan fingerprint density at radius 2 is 0.788 bits per heavy atom. The predicted molar refractivity (Wildman–Crippen MR) is 125 cm³/mol. The van der Waals surface area contributed by atoms with Crippen LogP contribution in [0.5, 0.6) is 23.0 Å². The minimum Gasteiger partial charge on any atom is -0.492 e. The first-order valence-electron chi connectivity index (χ1n) is 9.99. The van der Waals surface area contributed by atoms with Crippen LogP contribution < -0.4 is 18.9 Å². The van der Waals surface area contributed by atoms with Crippen LogP contribution in [0, 0.1) is 0 Å². The van der Waals surface area contributed by atoms with Crippen molar-refractivity contribution in [2.45, 2.75) is 0 Å². The zero-order valence-electron chi connectivity index (χ0n) is 18.5. The number of aromatic nitrogens is 4. The number of hydrogen-bond donors (Lipinski definition) is 2. The van der Waals surface area contributed by atoms with Crippen LogP contribution in [0.1, 0.15) is 22.8 Å². The van der Waals surface area contributed by atoms with Crippen LogP contribution in [0.2, 0.25) is 0 Å². The van der Waals surface area contributed by atoms with Gasteiger partial charge in [0.1, 0.15) is 22.8 Å². The minimum atomic E-state index is 0. The second kappa shape index (κ2) is 9.05. The summed E-state index contributed by atoms with van der Waals surface area (Å²) < 4.78 is 22.8. The fraction of sp³-hybridized carbons (Fsp3) is 0.167. The molecule has 0 saturated heterocycles. The molecular weight excluding hydrogens is 463 g/mol. The van der Waals surface area contributed by atoms with Crippen molar-refractivity contribution in [3.05, 3.63) is 47.0 Å². The Kier molecular flexibility index (Phi) is 6.18. The van der Waals surface area contributed by atoms with Crippen molar-refractivity contribution in [2.24, 2.45) is 0 Å². The molecule has 0 aliphatic carbocycles. The molecule has 0 saturated carbocycles. The third-order valence-electron chi connectivity index (χ3n) is 5.38.